The van der Waals surface area contributed by atoms with E-state index in [0.717, 1.165) is 56.1 Å². The van der Waals surface area contributed by atoms with Gasteiger partial charge < -0.3 is 20.1 Å². The third-order valence-corrected chi connectivity index (χ3v) is 6.29. The first-order chi connectivity index (χ1) is 15.2. The molecule has 1 unspecified atom stereocenters. The molecule has 2 aliphatic rings. The molecule has 1 aliphatic carbocycles. The summed E-state index contributed by atoms with van der Waals surface area (Å²) in [5.41, 5.74) is 9.50. The van der Waals surface area contributed by atoms with Crippen LogP contribution in [0.5, 0.6) is 5.75 Å². The number of nitrogens with two attached hydrogens (primary N) is 1. The molecule has 1 aliphatic heterocycles. The van der Waals surface area contributed by atoms with Gasteiger partial charge in [-0.2, -0.15) is 0 Å². The Morgan fingerprint density at radius 1 is 1.03 bits per heavy atom. The van der Waals surface area contributed by atoms with Crippen molar-refractivity contribution in [3.8, 4) is 5.75 Å². The van der Waals surface area contributed by atoms with Crippen molar-refractivity contribution >= 4 is 11.6 Å². The molecule has 31 heavy (non-hydrogen) atoms. The van der Waals surface area contributed by atoms with E-state index < -0.39 is 0 Å². The maximum atomic E-state index is 6.43. The lowest BCUT2D eigenvalue weighted by Gasteiger charge is -2.32. The van der Waals surface area contributed by atoms with Gasteiger partial charge in [-0.25, -0.2) is 0 Å². The molecular formula is C24H29N5O2. The van der Waals surface area contributed by atoms with Gasteiger partial charge in [0.15, 0.2) is 5.65 Å². The number of ether oxygens (including phenoxy) is 2. The lowest BCUT2D eigenvalue weighted by atomic mass is 9.86. The topological polar surface area (TPSA) is 77.9 Å². The molecule has 7 nitrogen and oxygen atoms in total. The first-order valence-electron chi connectivity index (χ1n) is 11.1. The Bertz CT molecular complexity index is 1060. The molecule has 162 valence electrons. The second kappa shape index (κ2) is 8.69. The third-order valence-electron chi connectivity index (χ3n) is 6.29. The summed E-state index contributed by atoms with van der Waals surface area (Å²) in [4.78, 5) is 2.27. The Balaban J connectivity index is 1.34. The van der Waals surface area contributed by atoms with Crippen molar-refractivity contribution in [2.24, 2.45) is 5.73 Å². The zero-order valence-electron chi connectivity index (χ0n) is 17.7. The molecular weight excluding hydrogens is 390 g/mol. The predicted molar refractivity (Wildman–Crippen MR) is 120 cm³/mol. The average Bonchev–Trinajstić information content (AvgIpc) is 3.23. The van der Waals surface area contributed by atoms with Crippen molar-refractivity contribution in [2.75, 3.05) is 24.6 Å². The van der Waals surface area contributed by atoms with Gasteiger partial charge in [-0.15, -0.1) is 16.8 Å². The van der Waals surface area contributed by atoms with E-state index in [0.29, 0.717) is 6.61 Å². The van der Waals surface area contributed by atoms with Crippen molar-refractivity contribution in [3.63, 3.8) is 0 Å². The summed E-state index contributed by atoms with van der Waals surface area (Å²) in [6, 6.07) is 12.4. The Morgan fingerprint density at radius 3 is 2.65 bits per heavy atom. The number of piperidine rings is 1. The van der Waals surface area contributed by atoms with Crippen LogP contribution in [0.2, 0.25) is 0 Å². The molecule has 2 atom stereocenters. The molecule has 1 fully saturated rings. The largest absolute Gasteiger partial charge is 0.484 e. The molecule has 7 heteroatoms. The molecule has 1 saturated heterocycles. The first kappa shape index (κ1) is 20.0. The molecule has 0 bridgehead atoms. The second-order valence-electron chi connectivity index (χ2n) is 8.32. The van der Waals surface area contributed by atoms with Crippen LogP contribution in [0.3, 0.4) is 0 Å². The van der Waals surface area contributed by atoms with Crippen molar-refractivity contribution in [1.29, 1.82) is 0 Å². The predicted octanol–water partition coefficient (Wildman–Crippen LogP) is 3.81. The maximum Gasteiger partial charge on any atom is 0.231 e. The van der Waals surface area contributed by atoms with Crippen molar-refractivity contribution in [2.45, 2.75) is 43.9 Å². The summed E-state index contributed by atoms with van der Waals surface area (Å²) in [5.74, 6) is 1.67. The number of aromatic nitrogens is 3. The van der Waals surface area contributed by atoms with Crippen LogP contribution in [-0.4, -0.2) is 40.4 Å². The minimum absolute atomic E-state index is 0.00568. The number of rotatable bonds is 6. The Labute approximate surface area is 182 Å². The van der Waals surface area contributed by atoms with E-state index in [9.17, 15) is 0 Å². The lowest BCUT2D eigenvalue weighted by molar-refractivity contribution is 0.0561. The van der Waals surface area contributed by atoms with E-state index in [-0.39, 0.29) is 18.2 Å². The van der Waals surface area contributed by atoms with Gasteiger partial charge in [0.25, 0.3) is 0 Å². The van der Waals surface area contributed by atoms with Crippen LogP contribution >= 0.6 is 0 Å². The highest BCUT2D eigenvalue weighted by molar-refractivity contribution is 5.49. The van der Waals surface area contributed by atoms with Crippen molar-refractivity contribution in [1.82, 2.24) is 14.6 Å². The molecule has 0 saturated carbocycles. The molecule has 0 amide bonds. The van der Waals surface area contributed by atoms with Crippen LogP contribution < -0.4 is 15.4 Å². The van der Waals surface area contributed by atoms with E-state index >= 15 is 0 Å². The zero-order chi connectivity index (χ0) is 21.2. The van der Waals surface area contributed by atoms with Crippen LogP contribution in [0.1, 0.15) is 49.0 Å². The van der Waals surface area contributed by atoms with Gasteiger partial charge >= 0.3 is 0 Å². The van der Waals surface area contributed by atoms with Crippen LogP contribution in [0.4, 0.5) is 5.95 Å². The van der Waals surface area contributed by atoms with E-state index in [1.807, 2.05) is 28.8 Å². The highest BCUT2D eigenvalue weighted by atomic mass is 16.5. The van der Waals surface area contributed by atoms with Crippen molar-refractivity contribution < 1.29 is 9.47 Å². The zero-order valence-corrected chi connectivity index (χ0v) is 17.7. The minimum Gasteiger partial charge on any atom is -0.484 e. The normalized spacial score (nSPS) is 21.8. The Kier molecular flexibility index (Phi) is 5.61. The number of nitrogens with zero attached hydrogens (tertiary/aromatic N) is 4. The van der Waals surface area contributed by atoms with Gasteiger partial charge in [0, 0.05) is 19.1 Å². The fourth-order valence-corrected chi connectivity index (χ4v) is 4.64. The molecule has 1 aromatic carbocycles. The fourth-order valence-electron chi connectivity index (χ4n) is 4.64. The standard InChI is InChI=1S/C24H29N5O2/c1-2-15-30-17-11-13-28(14-12-17)24-27-26-23-10-7-18(16-29(23)24)31-22-9-8-21(25)19-5-3-4-6-20(19)22/h2-7,10,16-17,21-22H,1,8-9,11-15,25H2/t21-,22?/m0/s1. The number of anilines is 1. The van der Waals surface area contributed by atoms with Gasteiger partial charge in [-0.3, -0.25) is 4.40 Å². The maximum absolute atomic E-state index is 6.43. The summed E-state index contributed by atoms with van der Waals surface area (Å²) in [5, 5.41) is 8.80. The molecule has 2 aromatic heterocycles. The Hall–Kier alpha value is -2.90. The van der Waals surface area contributed by atoms with Gasteiger partial charge in [0.2, 0.25) is 5.95 Å². The quantitative estimate of drug-likeness (QED) is 0.612. The monoisotopic (exact) mass is 419 g/mol. The molecule has 0 spiro atoms. The Morgan fingerprint density at radius 2 is 1.84 bits per heavy atom. The van der Waals surface area contributed by atoms with Crippen LogP contribution in [-0.2, 0) is 4.74 Å². The number of benzene rings is 1. The minimum atomic E-state index is 0.00568. The first-order valence-corrected chi connectivity index (χ1v) is 11.1. The van der Waals surface area contributed by atoms with Crippen LogP contribution in [0, 0.1) is 0 Å². The SMILES string of the molecule is C=CCOC1CCN(c2nnc3ccc(OC4CC[C@H](N)c5ccccc54)cn23)CC1. The van der Waals surface area contributed by atoms with Crippen molar-refractivity contribution in [3.05, 3.63) is 66.4 Å². The molecule has 2 N–H and O–H groups in total. The molecule has 3 aromatic rings. The van der Waals surface area contributed by atoms with E-state index in [1.165, 1.54) is 11.1 Å². The second-order valence-corrected chi connectivity index (χ2v) is 8.32. The highest BCUT2D eigenvalue weighted by Gasteiger charge is 2.27. The fraction of sp³-hybridized carbons (Fsp3) is 0.417. The summed E-state index contributed by atoms with van der Waals surface area (Å²) < 4.78 is 14.3. The number of hydrogen-bond donors (Lipinski definition) is 1. The third kappa shape index (κ3) is 4.03. The summed E-state index contributed by atoms with van der Waals surface area (Å²) in [7, 11) is 0. The van der Waals surface area contributed by atoms with Gasteiger partial charge in [0.1, 0.15) is 11.9 Å². The molecule has 0 radical (unpaired) electrons. The average molecular weight is 420 g/mol. The number of hydrogen-bond acceptors (Lipinski definition) is 6. The highest BCUT2D eigenvalue weighted by Crippen LogP contribution is 2.37. The summed E-state index contributed by atoms with van der Waals surface area (Å²) in [6.07, 6.45) is 7.86. The summed E-state index contributed by atoms with van der Waals surface area (Å²) >= 11 is 0. The smallest absolute Gasteiger partial charge is 0.231 e. The summed E-state index contributed by atoms with van der Waals surface area (Å²) in [6.45, 7) is 6.11. The van der Waals surface area contributed by atoms with Gasteiger partial charge in [0.05, 0.1) is 18.9 Å². The van der Waals surface area contributed by atoms with E-state index in [1.54, 1.807) is 6.08 Å². The lowest BCUT2D eigenvalue weighted by Crippen LogP contribution is -2.38. The number of fused-ring (bicyclic) bond motifs is 2. The van der Waals surface area contributed by atoms with Crippen LogP contribution in [0.25, 0.3) is 5.65 Å². The molecule has 5 rings (SSSR count). The molecule has 3 heterocycles. The van der Waals surface area contributed by atoms with E-state index in [4.69, 9.17) is 15.2 Å². The van der Waals surface area contributed by atoms with Gasteiger partial charge in [-0.1, -0.05) is 30.3 Å². The van der Waals surface area contributed by atoms with E-state index in [2.05, 4.69) is 39.9 Å². The van der Waals surface area contributed by atoms with Gasteiger partial charge in [-0.05, 0) is 48.9 Å². The van der Waals surface area contributed by atoms with Crippen LogP contribution in [0.15, 0.2) is 55.3 Å². The number of pyridine rings is 1.